The fraction of sp³-hybridized carbons (Fsp3) is 0.154. The van der Waals surface area contributed by atoms with Crippen LogP contribution in [0.15, 0.2) is 84.9 Å². The first-order chi connectivity index (χ1) is 13.9. The van der Waals surface area contributed by atoms with Crippen LogP contribution >= 0.6 is 0 Å². The topological polar surface area (TPSA) is 24.1 Å². The Morgan fingerprint density at radius 2 is 0.893 bits per heavy atom. The molecule has 0 spiro atoms. The van der Waals surface area contributed by atoms with Crippen LogP contribution in [-0.4, -0.2) is 13.1 Å². The first kappa shape index (κ1) is 19.5. The van der Waals surface area contributed by atoms with Crippen molar-refractivity contribution in [2.45, 2.75) is 13.1 Å². The zero-order valence-electron chi connectivity index (χ0n) is 15.9. The molecule has 0 fully saturated rings. The van der Waals surface area contributed by atoms with E-state index in [1.165, 1.54) is 11.1 Å². The third-order valence-corrected chi connectivity index (χ3v) is 4.12. The SMILES string of the molecule is C(#Cc1ccc(C#CCNCc2ccccc2)cc1)CNCc1ccccc1. The minimum Gasteiger partial charge on any atom is -0.302 e. The Hall–Kier alpha value is -3.30. The van der Waals surface area contributed by atoms with Crippen LogP contribution in [0.4, 0.5) is 0 Å². The minimum atomic E-state index is 0.670. The fourth-order valence-corrected chi connectivity index (χ4v) is 2.66. The molecular formula is C26H24N2. The molecule has 3 rings (SSSR count). The first-order valence-corrected chi connectivity index (χ1v) is 9.47. The normalized spacial score (nSPS) is 9.71. The molecule has 3 aromatic carbocycles. The summed E-state index contributed by atoms with van der Waals surface area (Å²) in [4.78, 5) is 0. The summed E-state index contributed by atoms with van der Waals surface area (Å²) >= 11 is 0. The first-order valence-electron chi connectivity index (χ1n) is 9.47. The Bertz CT molecular complexity index is 871. The van der Waals surface area contributed by atoms with Gasteiger partial charge in [0.1, 0.15) is 0 Å². The van der Waals surface area contributed by atoms with E-state index in [0.717, 1.165) is 24.2 Å². The molecule has 0 aliphatic rings. The second-order valence-electron chi connectivity index (χ2n) is 6.36. The van der Waals surface area contributed by atoms with Gasteiger partial charge >= 0.3 is 0 Å². The highest BCUT2D eigenvalue weighted by atomic mass is 14.8. The van der Waals surface area contributed by atoms with E-state index in [1.807, 2.05) is 60.7 Å². The molecular weight excluding hydrogens is 340 g/mol. The van der Waals surface area contributed by atoms with Crippen molar-refractivity contribution in [1.29, 1.82) is 0 Å². The van der Waals surface area contributed by atoms with Gasteiger partial charge in [0.2, 0.25) is 0 Å². The molecule has 0 saturated heterocycles. The van der Waals surface area contributed by atoms with Crippen molar-refractivity contribution in [2.75, 3.05) is 13.1 Å². The van der Waals surface area contributed by atoms with Crippen molar-refractivity contribution in [3.8, 4) is 23.7 Å². The van der Waals surface area contributed by atoms with Crippen molar-refractivity contribution >= 4 is 0 Å². The molecule has 2 nitrogen and oxygen atoms in total. The van der Waals surface area contributed by atoms with E-state index in [0.29, 0.717) is 13.1 Å². The van der Waals surface area contributed by atoms with E-state index in [-0.39, 0.29) is 0 Å². The maximum Gasteiger partial charge on any atom is 0.0582 e. The van der Waals surface area contributed by atoms with Gasteiger partial charge in [0.25, 0.3) is 0 Å². The van der Waals surface area contributed by atoms with Gasteiger partial charge in [-0.3, -0.25) is 0 Å². The summed E-state index contributed by atoms with van der Waals surface area (Å²) in [6, 6.07) is 28.8. The molecule has 0 bridgehead atoms. The third kappa shape index (κ3) is 7.14. The number of benzene rings is 3. The smallest absolute Gasteiger partial charge is 0.0582 e. The predicted octanol–water partition coefficient (Wildman–Crippen LogP) is 3.97. The summed E-state index contributed by atoms with van der Waals surface area (Å²) in [5.74, 6) is 12.7. The van der Waals surface area contributed by atoms with Crippen LogP contribution in [0.5, 0.6) is 0 Å². The van der Waals surface area contributed by atoms with E-state index >= 15 is 0 Å². The summed E-state index contributed by atoms with van der Waals surface area (Å²) < 4.78 is 0. The van der Waals surface area contributed by atoms with E-state index in [1.54, 1.807) is 0 Å². The molecule has 0 amide bonds. The number of rotatable bonds is 6. The molecule has 0 radical (unpaired) electrons. The molecule has 138 valence electrons. The summed E-state index contributed by atoms with van der Waals surface area (Å²) in [6.45, 7) is 3.01. The van der Waals surface area contributed by atoms with Crippen LogP contribution in [0.1, 0.15) is 22.3 Å². The lowest BCUT2D eigenvalue weighted by atomic mass is 10.1. The van der Waals surface area contributed by atoms with Gasteiger partial charge in [-0.25, -0.2) is 0 Å². The second kappa shape index (κ2) is 11.4. The molecule has 3 aromatic rings. The second-order valence-corrected chi connectivity index (χ2v) is 6.36. The van der Waals surface area contributed by atoms with Crippen molar-refractivity contribution < 1.29 is 0 Å². The quantitative estimate of drug-likeness (QED) is 0.511. The van der Waals surface area contributed by atoms with E-state index in [2.05, 4.69) is 58.6 Å². The van der Waals surface area contributed by atoms with Crippen molar-refractivity contribution in [1.82, 2.24) is 10.6 Å². The molecule has 2 heteroatoms. The van der Waals surface area contributed by atoms with Crippen LogP contribution in [0.25, 0.3) is 0 Å². The Morgan fingerprint density at radius 3 is 1.29 bits per heavy atom. The molecule has 28 heavy (non-hydrogen) atoms. The predicted molar refractivity (Wildman–Crippen MR) is 116 cm³/mol. The van der Waals surface area contributed by atoms with Crippen molar-refractivity contribution in [3.63, 3.8) is 0 Å². The van der Waals surface area contributed by atoms with Gasteiger partial charge in [-0.15, -0.1) is 0 Å². The highest BCUT2D eigenvalue weighted by molar-refractivity contribution is 5.42. The Morgan fingerprint density at radius 1 is 0.500 bits per heavy atom. The van der Waals surface area contributed by atoms with Gasteiger partial charge in [-0.2, -0.15) is 0 Å². The summed E-state index contributed by atoms with van der Waals surface area (Å²) in [5.41, 5.74) is 4.56. The van der Waals surface area contributed by atoms with Crippen LogP contribution < -0.4 is 10.6 Å². The Balaban J connectivity index is 1.38. The molecule has 0 heterocycles. The fourth-order valence-electron chi connectivity index (χ4n) is 2.66. The molecule has 2 N–H and O–H groups in total. The Labute approximate surface area is 168 Å². The van der Waals surface area contributed by atoms with Crippen LogP contribution in [0.3, 0.4) is 0 Å². The molecule has 0 unspecified atom stereocenters. The van der Waals surface area contributed by atoms with Crippen LogP contribution in [0.2, 0.25) is 0 Å². The van der Waals surface area contributed by atoms with Gasteiger partial charge < -0.3 is 10.6 Å². The molecule has 0 atom stereocenters. The van der Waals surface area contributed by atoms with Gasteiger partial charge in [-0.1, -0.05) is 84.3 Å². The highest BCUT2D eigenvalue weighted by Crippen LogP contribution is 2.02. The minimum absolute atomic E-state index is 0.670. The molecule has 0 aliphatic heterocycles. The third-order valence-electron chi connectivity index (χ3n) is 4.12. The number of hydrogen-bond donors (Lipinski definition) is 2. The average Bonchev–Trinajstić information content (AvgIpc) is 2.76. The van der Waals surface area contributed by atoms with E-state index < -0.39 is 0 Å². The standard InChI is InChI=1S/C26H24N2/c1-3-9-25(10-4-1)21-27-19-7-13-23-15-17-24(18-16-23)14-8-20-28-22-26-11-5-2-6-12-26/h1-6,9-12,15-18,27-28H,19-22H2. The lowest BCUT2D eigenvalue weighted by Gasteiger charge is -2.00. The average molecular weight is 364 g/mol. The Kier molecular flexibility index (Phi) is 7.94. The molecule has 0 aliphatic carbocycles. The highest BCUT2D eigenvalue weighted by Gasteiger charge is 1.91. The van der Waals surface area contributed by atoms with Crippen molar-refractivity contribution in [3.05, 3.63) is 107 Å². The summed E-state index contributed by atoms with van der Waals surface area (Å²) in [6.07, 6.45) is 0. The van der Waals surface area contributed by atoms with Gasteiger partial charge in [-0.05, 0) is 35.4 Å². The zero-order valence-corrected chi connectivity index (χ0v) is 15.9. The van der Waals surface area contributed by atoms with E-state index in [4.69, 9.17) is 0 Å². The van der Waals surface area contributed by atoms with Gasteiger partial charge in [0, 0.05) is 24.2 Å². The van der Waals surface area contributed by atoms with Gasteiger partial charge in [0.05, 0.1) is 13.1 Å². The maximum atomic E-state index is 3.33. The van der Waals surface area contributed by atoms with Gasteiger partial charge in [0.15, 0.2) is 0 Å². The summed E-state index contributed by atoms with van der Waals surface area (Å²) in [7, 11) is 0. The van der Waals surface area contributed by atoms with Crippen LogP contribution in [0, 0.1) is 23.7 Å². The summed E-state index contributed by atoms with van der Waals surface area (Å²) in [5, 5.41) is 6.66. The lowest BCUT2D eigenvalue weighted by molar-refractivity contribution is 0.770. The van der Waals surface area contributed by atoms with E-state index in [9.17, 15) is 0 Å². The largest absolute Gasteiger partial charge is 0.302 e. The van der Waals surface area contributed by atoms with Crippen molar-refractivity contribution in [2.24, 2.45) is 0 Å². The van der Waals surface area contributed by atoms with Crippen LogP contribution in [-0.2, 0) is 13.1 Å². The maximum absolute atomic E-state index is 3.33. The number of nitrogens with one attached hydrogen (secondary N) is 2. The zero-order chi connectivity index (χ0) is 19.3. The molecule has 0 aromatic heterocycles. The number of hydrogen-bond acceptors (Lipinski definition) is 2. The monoisotopic (exact) mass is 364 g/mol. The lowest BCUT2D eigenvalue weighted by Crippen LogP contribution is -2.13. The molecule has 0 saturated carbocycles.